The number of benzene rings is 1. The van der Waals surface area contributed by atoms with E-state index in [1.54, 1.807) is 0 Å². The number of nitrogens with one attached hydrogen (secondary N) is 1. The number of rotatable bonds is 6. The Morgan fingerprint density at radius 3 is 2.72 bits per heavy atom. The van der Waals surface area contributed by atoms with Crippen LogP contribution >= 0.6 is 0 Å². The average molecular weight is 245 g/mol. The van der Waals surface area contributed by atoms with Crippen molar-refractivity contribution in [2.75, 3.05) is 13.7 Å². The minimum absolute atomic E-state index is 0.256. The van der Waals surface area contributed by atoms with Gasteiger partial charge in [0.05, 0.1) is 0 Å². The van der Waals surface area contributed by atoms with Crippen LogP contribution in [-0.4, -0.2) is 29.2 Å². The van der Waals surface area contributed by atoms with Gasteiger partial charge in [-0.1, -0.05) is 18.2 Å². The van der Waals surface area contributed by atoms with E-state index in [1.165, 1.54) is 0 Å². The highest BCUT2D eigenvalue weighted by Gasteiger charge is 2.11. The predicted octanol–water partition coefficient (Wildman–Crippen LogP) is 1.63. The van der Waals surface area contributed by atoms with Crippen LogP contribution in [0.25, 0.3) is 0 Å². The molecule has 1 heterocycles. The topological polar surface area (TPSA) is 39.1 Å². The van der Waals surface area contributed by atoms with Crippen molar-refractivity contribution in [2.45, 2.75) is 12.5 Å². The largest absolute Gasteiger partial charge is 0.492 e. The highest BCUT2D eigenvalue weighted by atomic mass is 16.5. The van der Waals surface area contributed by atoms with Crippen molar-refractivity contribution in [3.05, 3.63) is 48.5 Å². The first kappa shape index (κ1) is 12.6. The van der Waals surface area contributed by atoms with Gasteiger partial charge in [-0.15, -0.1) is 0 Å². The third kappa shape index (κ3) is 3.34. The number of nitrogens with zero attached hydrogens (tertiary/aromatic N) is 2. The van der Waals surface area contributed by atoms with Gasteiger partial charge in [-0.25, -0.2) is 4.98 Å². The Labute approximate surface area is 108 Å². The molecule has 0 spiro atoms. The summed E-state index contributed by atoms with van der Waals surface area (Å²) in [5.41, 5.74) is 0. The SMILES string of the molecule is CNC(COc1ccccc1)Cc1nccn1C. The summed E-state index contributed by atoms with van der Waals surface area (Å²) in [7, 11) is 3.95. The summed E-state index contributed by atoms with van der Waals surface area (Å²) in [5.74, 6) is 1.96. The lowest BCUT2D eigenvalue weighted by molar-refractivity contribution is 0.267. The summed E-state index contributed by atoms with van der Waals surface area (Å²) in [6, 6.07) is 10.1. The van der Waals surface area contributed by atoms with Crippen LogP contribution in [-0.2, 0) is 13.5 Å². The van der Waals surface area contributed by atoms with Gasteiger partial charge in [0.15, 0.2) is 0 Å². The zero-order valence-electron chi connectivity index (χ0n) is 10.8. The van der Waals surface area contributed by atoms with Gasteiger partial charge in [0.25, 0.3) is 0 Å². The van der Waals surface area contributed by atoms with Crippen LogP contribution in [0.4, 0.5) is 0 Å². The van der Waals surface area contributed by atoms with Gasteiger partial charge >= 0.3 is 0 Å². The lowest BCUT2D eigenvalue weighted by Crippen LogP contribution is -2.34. The number of hydrogen-bond acceptors (Lipinski definition) is 3. The molecule has 0 saturated heterocycles. The first-order valence-corrected chi connectivity index (χ1v) is 6.11. The van der Waals surface area contributed by atoms with Crippen LogP contribution in [0.3, 0.4) is 0 Å². The molecule has 0 radical (unpaired) electrons. The van der Waals surface area contributed by atoms with E-state index in [2.05, 4.69) is 10.3 Å². The van der Waals surface area contributed by atoms with E-state index < -0.39 is 0 Å². The van der Waals surface area contributed by atoms with Crippen molar-refractivity contribution in [1.29, 1.82) is 0 Å². The molecule has 1 aromatic heterocycles. The standard InChI is InChI=1S/C14H19N3O/c1-15-12(10-14-16-8-9-17(14)2)11-18-13-6-4-3-5-7-13/h3-9,12,15H,10-11H2,1-2H3. The second-order valence-corrected chi connectivity index (χ2v) is 4.27. The molecule has 4 nitrogen and oxygen atoms in total. The van der Waals surface area contributed by atoms with E-state index in [-0.39, 0.29) is 6.04 Å². The van der Waals surface area contributed by atoms with E-state index in [1.807, 2.05) is 61.4 Å². The second-order valence-electron chi connectivity index (χ2n) is 4.27. The van der Waals surface area contributed by atoms with Crippen LogP contribution in [0.1, 0.15) is 5.82 Å². The summed E-state index contributed by atoms with van der Waals surface area (Å²) < 4.78 is 7.78. The number of aryl methyl sites for hydroxylation is 1. The number of likely N-dealkylation sites (N-methyl/N-ethyl adjacent to an activating group) is 1. The molecule has 1 unspecified atom stereocenters. The van der Waals surface area contributed by atoms with Gasteiger partial charge in [-0.2, -0.15) is 0 Å². The van der Waals surface area contributed by atoms with E-state index in [0.717, 1.165) is 18.0 Å². The molecule has 4 heteroatoms. The van der Waals surface area contributed by atoms with Crippen molar-refractivity contribution >= 4 is 0 Å². The van der Waals surface area contributed by atoms with Crippen LogP contribution in [0.2, 0.25) is 0 Å². The zero-order valence-corrected chi connectivity index (χ0v) is 10.8. The summed E-state index contributed by atoms with van der Waals surface area (Å²) in [4.78, 5) is 4.33. The Balaban J connectivity index is 1.88. The third-order valence-electron chi connectivity index (χ3n) is 2.95. The molecule has 1 atom stereocenters. The fourth-order valence-electron chi connectivity index (χ4n) is 1.77. The number of aromatic nitrogens is 2. The van der Waals surface area contributed by atoms with E-state index in [9.17, 15) is 0 Å². The quantitative estimate of drug-likeness (QED) is 0.840. The molecule has 0 aliphatic rings. The lowest BCUT2D eigenvalue weighted by atomic mass is 10.2. The van der Waals surface area contributed by atoms with Crippen molar-refractivity contribution in [3.63, 3.8) is 0 Å². The molecular formula is C14H19N3O. The molecule has 0 bridgehead atoms. The summed E-state index contributed by atoms with van der Waals surface area (Å²) in [6.07, 6.45) is 4.63. The number of hydrogen-bond donors (Lipinski definition) is 1. The van der Waals surface area contributed by atoms with Crippen molar-refractivity contribution in [1.82, 2.24) is 14.9 Å². The average Bonchev–Trinajstić information content (AvgIpc) is 2.81. The first-order chi connectivity index (χ1) is 8.79. The van der Waals surface area contributed by atoms with Crippen molar-refractivity contribution < 1.29 is 4.74 Å². The van der Waals surface area contributed by atoms with Crippen LogP contribution in [0.5, 0.6) is 5.75 Å². The molecule has 0 aliphatic carbocycles. The van der Waals surface area contributed by atoms with E-state index >= 15 is 0 Å². The minimum atomic E-state index is 0.256. The second kappa shape index (κ2) is 6.21. The highest BCUT2D eigenvalue weighted by Crippen LogP contribution is 2.09. The maximum absolute atomic E-state index is 5.75. The van der Waals surface area contributed by atoms with Crippen LogP contribution in [0, 0.1) is 0 Å². The van der Waals surface area contributed by atoms with Gasteiger partial charge in [0.2, 0.25) is 0 Å². The van der Waals surface area contributed by atoms with Crippen LogP contribution in [0.15, 0.2) is 42.7 Å². The molecule has 0 fully saturated rings. The van der Waals surface area contributed by atoms with E-state index in [0.29, 0.717) is 6.61 Å². The maximum atomic E-state index is 5.75. The number of para-hydroxylation sites is 1. The molecule has 0 aliphatic heterocycles. The number of imidazole rings is 1. The Morgan fingerprint density at radius 1 is 1.33 bits per heavy atom. The monoisotopic (exact) mass is 245 g/mol. The molecule has 96 valence electrons. The molecule has 1 aromatic carbocycles. The highest BCUT2D eigenvalue weighted by molar-refractivity contribution is 5.21. The Bertz CT molecular complexity index is 467. The summed E-state index contributed by atoms with van der Waals surface area (Å²) in [5, 5.41) is 3.26. The minimum Gasteiger partial charge on any atom is -0.492 e. The third-order valence-corrected chi connectivity index (χ3v) is 2.95. The first-order valence-electron chi connectivity index (χ1n) is 6.11. The van der Waals surface area contributed by atoms with E-state index in [4.69, 9.17) is 4.74 Å². The Morgan fingerprint density at radius 2 is 2.11 bits per heavy atom. The summed E-state index contributed by atoms with van der Waals surface area (Å²) in [6.45, 7) is 0.632. The molecule has 2 aromatic rings. The molecule has 1 N–H and O–H groups in total. The van der Waals surface area contributed by atoms with Gasteiger partial charge in [-0.3, -0.25) is 0 Å². The van der Waals surface area contributed by atoms with Crippen molar-refractivity contribution in [3.8, 4) is 5.75 Å². The van der Waals surface area contributed by atoms with Gasteiger partial charge < -0.3 is 14.6 Å². The van der Waals surface area contributed by atoms with Crippen molar-refractivity contribution in [2.24, 2.45) is 7.05 Å². The lowest BCUT2D eigenvalue weighted by Gasteiger charge is -2.16. The van der Waals surface area contributed by atoms with Gasteiger partial charge in [0, 0.05) is 31.9 Å². The molecule has 18 heavy (non-hydrogen) atoms. The fourth-order valence-corrected chi connectivity index (χ4v) is 1.77. The van der Waals surface area contributed by atoms with Gasteiger partial charge in [0.1, 0.15) is 18.2 Å². The Kier molecular flexibility index (Phi) is 4.36. The molecular weight excluding hydrogens is 226 g/mol. The van der Waals surface area contributed by atoms with Crippen LogP contribution < -0.4 is 10.1 Å². The zero-order chi connectivity index (χ0) is 12.8. The molecule has 0 amide bonds. The molecule has 0 saturated carbocycles. The fraction of sp³-hybridized carbons (Fsp3) is 0.357. The van der Waals surface area contributed by atoms with Gasteiger partial charge in [-0.05, 0) is 19.2 Å². The predicted molar refractivity (Wildman–Crippen MR) is 71.7 cm³/mol. The smallest absolute Gasteiger partial charge is 0.119 e. The summed E-state index contributed by atoms with van der Waals surface area (Å²) >= 11 is 0. The normalized spacial score (nSPS) is 12.3. The number of ether oxygens (including phenoxy) is 1. The Hall–Kier alpha value is -1.81. The molecule has 2 rings (SSSR count). The maximum Gasteiger partial charge on any atom is 0.119 e.